The minimum atomic E-state index is -0.113. The second-order valence-electron chi connectivity index (χ2n) is 8.26. The molecule has 0 radical (unpaired) electrons. The van der Waals surface area contributed by atoms with E-state index in [1.807, 2.05) is 24.3 Å². The fraction of sp³-hybridized carbons (Fsp3) is 0.280. The van der Waals surface area contributed by atoms with Crippen LogP contribution in [-0.2, 0) is 24.3 Å². The number of fused-ring (bicyclic) bond motifs is 1. The first kappa shape index (κ1) is 21.7. The van der Waals surface area contributed by atoms with E-state index in [0.717, 1.165) is 24.3 Å². The van der Waals surface area contributed by atoms with E-state index >= 15 is 0 Å². The number of hydrogen-bond donors (Lipinski definition) is 1. The lowest BCUT2D eigenvalue weighted by Crippen LogP contribution is -2.26. The van der Waals surface area contributed by atoms with Crippen LogP contribution >= 0.6 is 11.3 Å². The first-order chi connectivity index (χ1) is 15.5. The van der Waals surface area contributed by atoms with Crippen molar-refractivity contribution in [3.8, 4) is 12.1 Å². The van der Waals surface area contributed by atoms with E-state index < -0.39 is 0 Å². The lowest BCUT2D eigenvalue weighted by Gasteiger charge is -2.27. The Morgan fingerprint density at radius 3 is 2.25 bits per heavy atom. The van der Waals surface area contributed by atoms with Crippen molar-refractivity contribution in [1.82, 2.24) is 9.88 Å². The molecule has 0 unspecified atom stereocenters. The minimum Gasteiger partial charge on any atom is -0.302 e. The molecule has 1 atom stereocenters. The van der Waals surface area contributed by atoms with Crippen LogP contribution in [0.25, 0.3) is 0 Å². The van der Waals surface area contributed by atoms with Crippen molar-refractivity contribution >= 4 is 22.4 Å². The molecule has 0 saturated heterocycles. The molecule has 7 heteroatoms. The van der Waals surface area contributed by atoms with Gasteiger partial charge in [0.15, 0.2) is 5.13 Å². The standard InChI is InChI=1S/C25H23N5OS/c1-16(2)24-23-21(15-30(24)14-20-9-7-19(13-27)8-10-20)32-25(29-23)28-22(31)11-17-3-5-18(12-26)6-4-17/h3-10,16,24H,11,14-15H2,1-2H3,(H,28,29,31)/t24-/m0/s1. The van der Waals surface area contributed by atoms with E-state index in [2.05, 4.69) is 36.2 Å². The number of hydrogen-bond acceptors (Lipinski definition) is 6. The van der Waals surface area contributed by atoms with Crippen molar-refractivity contribution in [2.24, 2.45) is 5.92 Å². The molecular formula is C25H23N5OS. The van der Waals surface area contributed by atoms with E-state index in [0.29, 0.717) is 22.2 Å². The number of anilines is 1. The maximum absolute atomic E-state index is 12.5. The Morgan fingerprint density at radius 1 is 1.09 bits per heavy atom. The van der Waals surface area contributed by atoms with Gasteiger partial charge in [-0.05, 0) is 41.3 Å². The van der Waals surface area contributed by atoms with Gasteiger partial charge in [-0.3, -0.25) is 9.69 Å². The molecule has 0 spiro atoms. The largest absolute Gasteiger partial charge is 0.302 e. The molecule has 2 heterocycles. The van der Waals surface area contributed by atoms with E-state index in [4.69, 9.17) is 15.5 Å². The lowest BCUT2D eigenvalue weighted by molar-refractivity contribution is -0.115. The maximum atomic E-state index is 12.5. The van der Waals surface area contributed by atoms with Crippen LogP contribution < -0.4 is 5.32 Å². The van der Waals surface area contributed by atoms with E-state index in [-0.39, 0.29) is 18.4 Å². The number of nitrogens with zero attached hydrogens (tertiary/aromatic N) is 4. The molecule has 32 heavy (non-hydrogen) atoms. The Kier molecular flexibility index (Phi) is 6.32. The van der Waals surface area contributed by atoms with Crippen LogP contribution in [0.2, 0.25) is 0 Å². The van der Waals surface area contributed by atoms with Gasteiger partial charge in [0.25, 0.3) is 0 Å². The molecule has 160 valence electrons. The van der Waals surface area contributed by atoms with Gasteiger partial charge in [-0.2, -0.15) is 10.5 Å². The van der Waals surface area contributed by atoms with Crippen LogP contribution in [0.4, 0.5) is 5.13 Å². The average molecular weight is 442 g/mol. The maximum Gasteiger partial charge on any atom is 0.230 e. The van der Waals surface area contributed by atoms with Crippen LogP contribution in [0.5, 0.6) is 0 Å². The van der Waals surface area contributed by atoms with E-state index in [1.54, 1.807) is 24.3 Å². The number of aromatic nitrogens is 1. The highest BCUT2D eigenvalue weighted by atomic mass is 32.1. The lowest BCUT2D eigenvalue weighted by atomic mass is 10.0. The topological polar surface area (TPSA) is 92.8 Å². The molecule has 1 amide bonds. The minimum absolute atomic E-state index is 0.113. The van der Waals surface area contributed by atoms with Gasteiger partial charge in [0.2, 0.25) is 5.91 Å². The van der Waals surface area contributed by atoms with Gasteiger partial charge >= 0.3 is 0 Å². The fourth-order valence-corrected chi connectivity index (χ4v) is 5.12. The van der Waals surface area contributed by atoms with Gasteiger partial charge in [0, 0.05) is 18.0 Å². The van der Waals surface area contributed by atoms with Crippen molar-refractivity contribution in [3.05, 3.63) is 81.4 Å². The molecule has 0 fully saturated rings. The number of carbonyl (C=O) groups is 1. The third kappa shape index (κ3) is 4.70. The zero-order valence-electron chi connectivity index (χ0n) is 18.0. The predicted molar refractivity (Wildman–Crippen MR) is 124 cm³/mol. The van der Waals surface area contributed by atoms with Crippen LogP contribution in [0, 0.1) is 28.6 Å². The van der Waals surface area contributed by atoms with Crippen LogP contribution in [0.3, 0.4) is 0 Å². The predicted octanol–water partition coefficient (Wildman–Crippen LogP) is 4.78. The molecule has 0 bridgehead atoms. The normalized spacial score (nSPS) is 15.2. The molecule has 0 saturated carbocycles. The summed E-state index contributed by atoms with van der Waals surface area (Å²) in [6.45, 7) is 5.96. The third-order valence-corrected chi connectivity index (χ3v) is 6.51. The number of carbonyl (C=O) groups excluding carboxylic acids is 1. The molecule has 2 aromatic carbocycles. The highest BCUT2D eigenvalue weighted by Gasteiger charge is 2.36. The Balaban J connectivity index is 1.43. The Labute approximate surface area is 191 Å². The number of nitrogens with one attached hydrogen (secondary N) is 1. The monoisotopic (exact) mass is 441 g/mol. The van der Waals surface area contributed by atoms with Gasteiger partial charge in [-0.25, -0.2) is 4.98 Å². The van der Waals surface area contributed by atoms with Crippen molar-refractivity contribution in [2.45, 2.75) is 39.4 Å². The number of thiazole rings is 1. The van der Waals surface area contributed by atoms with Crippen LogP contribution in [0.1, 0.15) is 52.7 Å². The summed E-state index contributed by atoms with van der Waals surface area (Å²) < 4.78 is 0. The second-order valence-corrected chi connectivity index (χ2v) is 9.35. The molecule has 1 aliphatic heterocycles. The van der Waals surface area contributed by atoms with Gasteiger partial charge in [-0.1, -0.05) is 38.1 Å². The van der Waals surface area contributed by atoms with Gasteiger partial charge in [0.1, 0.15) is 0 Å². The van der Waals surface area contributed by atoms with Gasteiger partial charge in [-0.15, -0.1) is 11.3 Å². The fourth-order valence-electron chi connectivity index (χ4n) is 4.07. The Hall–Kier alpha value is -3.52. The summed E-state index contributed by atoms with van der Waals surface area (Å²) in [7, 11) is 0. The summed E-state index contributed by atoms with van der Waals surface area (Å²) >= 11 is 1.54. The Morgan fingerprint density at radius 2 is 1.69 bits per heavy atom. The first-order valence-electron chi connectivity index (χ1n) is 10.5. The number of benzene rings is 2. The van der Waals surface area contributed by atoms with Gasteiger partial charge in [0.05, 0.1) is 41.4 Å². The SMILES string of the molecule is CC(C)[C@H]1c2nc(NC(=O)Cc3ccc(C#N)cc3)sc2CN1Cc1ccc(C#N)cc1. The van der Waals surface area contributed by atoms with Crippen molar-refractivity contribution in [2.75, 3.05) is 5.32 Å². The molecular weight excluding hydrogens is 418 g/mol. The van der Waals surface area contributed by atoms with E-state index in [9.17, 15) is 4.79 Å². The summed E-state index contributed by atoms with van der Waals surface area (Å²) in [5.41, 5.74) is 4.32. The van der Waals surface area contributed by atoms with Crippen molar-refractivity contribution in [1.29, 1.82) is 10.5 Å². The number of rotatable bonds is 6. The van der Waals surface area contributed by atoms with E-state index in [1.165, 1.54) is 21.8 Å². The van der Waals surface area contributed by atoms with Gasteiger partial charge < -0.3 is 5.32 Å². The number of amides is 1. The summed E-state index contributed by atoms with van der Waals surface area (Å²) in [6.07, 6.45) is 0.244. The smallest absolute Gasteiger partial charge is 0.230 e. The van der Waals surface area contributed by atoms with Crippen LogP contribution in [0.15, 0.2) is 48.5 Å². The molecule has 1 aliphatic rings. The average Bonchev–Trinajstić information content (AvgIpc) is 3.30. The quantitative estimate of drug-likeness (QED) is 0.594. The second kappa shape index (κ2) is 9.32. The van der Waals surface area contributed by atoms with Crippen molar-refractivity contribution < 1.29 is 4.79 Å². The highest BCUT2D eigenvalue weighted by Crippen LogP contribution is 2.43. The molecule has 3 aromatic rings. The zero-order valence-corrected chi connectivity index (χ0v) is 18.8. The molecule has 1 aromatic heterocycles. The van der Waals surface area contributed by atoms with Crippen molar-refractivity contribution in [3.63, 3.8) is 0 Å². The summed E-state index contributed by atoms with van der Waals surface area (Å²) in [5, 5.41) is 21.5. The summed E-state index contributed by atoms with van der Waals surface area (Å²) in [4.78, 5) is 20.9. The zero-order chi connectivity index (χ0) is 22.7. The van der Waals surface area contributed by atoms with Crippen LogP contribution in [-0.4, -0.2) is 15.8 Å². The first-order valence-corrected chi connectivity index (χ1v) is 11.3. The molecule has 0 aliphatic carbocycles. The third-order valence-electron chi connectivity index (χ3n) is 5.54. The number of nitriles is 2. The summed E-state index contributed by atoms with van der Waals surface area (Å²) in [5.74, 6) is 0.261. The molecule has 1 N–H and O–H groups in total. The molecule has 4 rings (SSSR count). The Bertz CT molecular complexity index is 1200. The summed E-state index contributed by atoms with van der Waals surface area (Å²) in [6, 6.07) is 19.2. The molecule has 6 nitrogen and oxygen atoms in total. The highest BCUT2D eigenvalue weighted by molar-refractivity contribution is 7.15.